The van der Waals surface area contributed by atoms with Gasteiger partial charge in [0.15, 0.2) is 17.4 Å². The summed E-state index contributed by atoms with van der Waals surface area (Å²) in [4.78, 5) is 58.6. The average molecular weight is 553 g/mol. The predicted molar refractivity (Wildman–Crippen MR) is 110 cm³/mol. The van der Waals surface area contributed by atoms with Crippen molar-refractivity contribution in [3.05, 3.63) is 16.7 Å². The molecule has 8 N–H and O–H groups in total. The van der Waals surface area contributed by atoms with Crippen LogP contribution in [-0.4, -0.2) is 76.2 Å². The van der Waals surface area contributed by atoms with Gasteiger partial charge in [-0.3, -0.25) is 14.3 Å². The van der Waals surface area contributed by atoms with Gasteiger partial charge in [0.25, 0.3) is 5.56 Å². The highest BCUT2D eigenvalue weighted by Crippen LogP contribution is 2.66. The molecule has 186 valence electrons. The van der Waals surface area contributed by atoms with Crippen LogP contribution in [0.3, 0.4) is 0 Å². The second kappa shape index (κ2) is 9.49. The van der Waals surface area contributed by atoms with Crippen molar-refractivity contribution in [2.24, 2.45) is 0 Å². The minimum atomic E-state index is -5.50. The molecule has 3 heterocycles. The molecule has 33 heavy (non-hydrogen) atoms. The van der Waals surface area contributed by atoms with E-state index in [9.17, 15) is 28.8 Å². The van der Waals surface area contributed by atoms with Crippen molar-refractivity contribution in [2.75, 3.05) is 19.5 Å². The molecule has 2 aromatic rings. The maximum Gasteiger partial charge on any atom is 0.488 e. The normalized spacial score (nSPS) is 27.5. The number of imidazole rings is 1. The number of phosphoric acid groups is 2. The van der Waals surface area contributed by atoms with Gasteiger partial charge in [-0.05, 0) is 11.8 Å². The van der Waals surface area contributed by atoms with Crippen LogP contribution in [0.15, 0.2) is 11.1 Å². The van der Waals surface area contributed by atoms with Crippen molar-refractivity contribution in [1.29, 1.82) is 0 Å². The highest BCUT2D eigenvalue weighted by atomic mass is 32.5. The monoisotopic (exact) mass is 553 g/mol. The van der Waals surface area contributed by atoms with E-state index in [1.807, 2.05) is 0 Å². The lowest BCUT2D eigenvalue weighted by Crippen LogP contribution is -2.35. The van der Waals surface area contributed by atoms with Crippen LogP contribution in [0.5, 0.6) is 0 Å². The van der Waals surface area contributed by atoms with E-state index in [1.165, 1.54) is 18.0 Å². The summed E-state index contributed by atoms with van der Waals surface area (Å²) in [6, 6.07) is 0. The van der Waals surface area contributed by atoms with Crippen LogP contribution in [0.1, 0.15) is 6.23 Å². The van der Waals surface area contributed by atoms with Crippen LogP contribution in [0.25, 0.3) is 11.2 Å². The molecular formula is C11H18N5O13P3S. The fourth-order valence-electron chi connectivity index (χ4n) is 2.94. The Hall–Kier alpha value is -1.14. The molecule has 1 saturated heterocycles. The third kappa shape index (κ3) is 6.30. The van der Waals surface area contributed by atoms with Crippen LogP contribution in [-0.2, 0) is 43.6 Å². The van der Waals surface area contributed by atoms with Crippen molar-refractivity contribution in [3.63, 3.8) is 0 Å². The van der Waals surface area contributed by atoms with Crippen molar-refractivity contribution in [2.45, 2.75) is 24.5 Å². The Labute approximate surface area is 188 Å². The maximum absolute atomic E-state index is 12.0. The van der Waals surface area contributed by atoms with E-state index in [0.717, 1.165) is 0 Å². The molecule has 0 spiro atoms. The lowest BCUT2D eigenvalue weighted by Gasteiger charge is -2.21. The van der Waals surface area contributed by atoms with Gasteiger partial charge in [-0.15, -0.1) is 0 Å². The zero-order chi connectivity index (χ0) is 24.8. The zero-order valence-electron chi connectivity index (χ0n) is 16.3. The first-order valence-corrected chi connectivity index (χ1v) is 14.1. The molecule has 3 rings (SSSR count). The maximum atomic E-state index is 12.0. The van der Waals surface area contributed by atoms with Crippen molar-refractivity contribution in [1.82, 2.24) is 19.5 Å². The van der Waals surface area contributed by atoms with Crippen molar-refractivity contribution in [3.8, 4) is 0 Å². The quantitative estimate of drug-likeness (QED) is 0.173. The number of nitrogens with one attached hydrogen (secondary N) is 1. The van der Waals surface area contributed by atoms with Crippen LogP contribution in [0, 0.1) is 0 Å². The molecule has 0 amide bonds. The van der Waals surface area contributed by atoms with Gasteiger partial charge in [0.05, 0.1) is 12.9 Å². The second-order valence-corrected chi connectivity index (χ2v) is 12.2. The molecule has 22 heteroatoms. The topological polar surface area (TPSA) is 271 Å². The molecule has 2 aromatic heterocycles. The van der Waals surface area contributed by atoms with E-state index < -0.39 is 59.1 Å². The SMILES string of the molecule is COC1C(O)C(COP(O)(=S)OP(=O)(O)OP(=O)(O)O)OC1n1cnc2c(=O)[nH]c(N)nc21. The molecule has 0 saturated carbocycles. The van der Waals surface area contributed by atoms with Gasteiger partial charge in [-0.1, -0.05) is 0 Å². The Bertz CT molecular complexity index is 1230. The van der Waals surface area contributed by atoms with Gasteiger partial charge in [-0.2, -0.15) is 9.29 Å². The van der Waals surface area contributed by atoms with Gasteiger partial charge in [0.2, 0.25) is 5.95 Å². The third-order valence-corrected chi connectivity index (χ3v) is 8.85. The lowest BCUT2D eigenvalue weighted by atomic mass is 10.1. The lowest BCUT2D eigenvalue weighted by molar-refractivity contribution is -0.0567. The number of anilines is 1. The molecule has 6 atom stereocenters. The Kier molecular flexibility index (Phi) is 7.61. The number of nitrogens with zero attached hydrogens (tertiary/aromatic N) is 3. The minimum Gasteiger partial charge on any atom is -0.387 e. The molecular weight excluding hydrogens is 535 g/mol. The predicted octanol–water partition coefficient (Wildman–Crippen LogP) is -1.57. The van der Waals surface area contributed by atoms with Crippen molar-refractivity contribution >= 4 is 51.3 Å². The van der Waals surface area contributed by atoms with E-state index >= 15 is 0 Å². The Morgan fingerprint density at radius 1 is 1.30 bits per heavy atom. The number of methoxy groups -OCH3 is 1. The van der Waals surface area contributed by atoms with Gasteiger partial charge in [0.1, 0.15) is 18.3 Å². The number of nitrogen functional groups attached to an aromatic ring is 1. The fraction of sp³-hybridized carbons (Fsp3) is 0.545. The Balaban J connectivity index is 1.76. The Morgan fingerprint density at radius 3 is 2.58 bits per heavy atom. The van der Waals surface area contributed by atoms with Crippen LogP contribution >= 0.6 is 22.4 Å². The molecule has 1 aliphatic rings. The van der Waals surface area contributed by atoms with Crippen LogP contribution < -0.4 is 11.3 Å². The first kappa shape index (κ1) is 26.5. The number of aliphatic hydroxyl groups is 1. The highest BCUT2D eigenvalue weighted by molar-refractivity contribution is 8.08. The molecule has 0 bridgehead atoms. The zero-order valence-corrected chi connectivity index (χ0v) is 19.8. The molecule has 6 unspecified atom stereocenters. The molecule has 18 nitrogen and oxygen atoms in total. The van der Waals surface area contributed by atoms with Crippen LogP contribution in [0.4, 0.5) is 5.95 Å². The molecule has 0 aromatic carbocycles. The highest BCUT2D eigenvalue weighted by Gasteiger charge is 2.47. The number of H-pyrrole nitrogens is 1. The number of rotatable bonds is 9. The number of aromatic amines is 1. The first-order chi connectivity index (χ1) is 15.1. The number of aliphatic hydroxyl groups excluding tert-OH is 1. The summed E-state index contributed by atoms with van der Waals surface area (Å²) in [5.41, 5.74) is 4.89. The average Bonchev–Trinajstić information content (AvgIpc) is 3.17. The summed E-state index contributed by atoms with van der Waals surface area (Å²) in [6.45, 7) is -5.33. The molecule has 1 aliphatic heterocycles. The molecule has 0 aliphatic carbocycles. The summed E-state index contributed by atoms with van der Waals surface area (Å²) < 4.78 is 47.0. The van der Waals surface area contributed by atoms with E-state index in [-0.39, 0.29) is 17.1 Å². The summed E-state index contributed by atoms with van der Waals surface area (Å²) in [7, 11) is -9.71. The second-order valence-electron chi connectivity index (χ2n) is 6.42. The number of fused-ring (bicyclic) bond motifs is 1. The van der Waals surface area contributed by atoms with E-state index in [2.05, 4.69) is 35.4 Å². The van der Waals surface area contributed by atoms with Gasteiger partial charge in [0, 0.05) is 7.11 Å². The van der Waals surface area contributed by atoms with Gasteiger partial charge >= 0.3 is 22.4 Å². The van der Waals surface area contributed by atoms with Gasteiger partial charge in [-0.25, -0.2) is 18.4 Å². The van der Waals surface area contributed by atoms with E-state index in [1.54, 1.807) is 0 Å². The standard InChI is InChI=1S/C11H18N5O13P3S/c1-25-7-6(17)4(2-26-32(24,33)29-31(22,23)28-30(19,20)21)27-10(7)16-3-13-5-8(16)14-11(12)15-9(5)18/h3-4,6-7,10,17H,2H2,1H3,(H,22,23)(H,24,33)(H2,19,20,21)(H3,12,14,15,18). The number of aromatic nitrogens is 4. The summed E-state index contributed by atoms with van der Waals surface area (Å²) >= 11 is 4.52. The summed E-state index contributed by atoms with van der Waals surface area (Å²) in [5.74, 6) is -0.203. The van der Waals surface area contributed by atoms with Crippen LogP contribution in [0.2, 0.25) is 0 Å². The number of ether oxygens (including phenoxy) is 2. The Morgan fingerprint density at radius 2 is 1.97 bits per heavy atom. The molecule has 1 fully saturated rings. The summed E-state index contributed by atoms with van der Waals surface area (Å²) in [6.07, 6.45) is -3.68. The minimum absolute atomic E-state index is 0.0171. The largest absolute Gasteiger partial charge is 0.488 e. The van der Waals surface area contributed by atoms with E-state index in [0.29, 0.717) is 0 Å². The number of hydrogen-bond donors (Lipinski definition) is 7. The van der Waals surface area contributed by atoms with E-state index in [4.69, 9.17) is 29.5 Å². The van der Waals surface area contributed by atoms with Crippen molar-refractivity contribution < 1.29 is 56.4 Å². The smallest absolute Gasteiger partial charge is 0.387 e. The molecule has 0 radical (unpaired) electrons. The first-order valence-electron chi connectivity index (χ1n) is 8.49. The fourth-order valence-corrected chi connectivity index (χ4v) is 6.91. The number of hydrogen-bond acceptors (Lipinski definition) is 13. The third-order valence-electron chi connectivity index (χ3n) is 4.13. The van der Waals surface area contributed by atoms with Gasteiger partial charge < -0.3 is 44.4 Å². The summed E-state index contributed by atoms with van der Waals surface area (Å²) in [5, 5.41) is 10.5. The number of nitrogens with two attached hydrogens (primary N) is 1.